The lowest BCUT2D eigenvalue weighted by Gasteiger charge is -1.95. The largest absolute Gasteiger partial charge is 0.312 e. The van der Waals surface area contributed by atoms with Gasteiger partial charge in [0.05, 0.1) is 0 Å². The molecule has 11 heavy (non-hydrogen) atoms. The van der Waals surface area contributed by atoms with Crippen LogP contribution in [0.1, 0.15) is 5.56 Å². The Morgan fingerprint density at radius 3 is 2.55 bits per heavy atom. The fourth-order valence-corrected chi connectivity index (χ4v) is 1.40. The molecule has 0 N–H and O–H groups in total. The monoisotopic (exact) mass is 273 g/mol. The van der Waals surface area contributed by atoms with Crippen LogP contribution in [-0.2, 0) is 6.54 Å². The molecule has 56 valence electrons. The van der Waals surface area contributed by atoms with E-state index in [9.17, 15) is 0 Å². The minimum absolute atomic E-state index is 0.450. The molecule has 1 rings (SSSR count). The third-order valence-electron chi connectivity index (χ3n) is 1.25. The molecule has 0 spiro atoms. The summed E-state index contributed by atoms with van der Waals surface area (Å²) >= 11 is 6.72. The van der Waals surface area contributed by atoms with Crippen LogP contribution in [0.25, 0.3) is 4.85 Å². The van der Waals surface area contributed by atoms with E-state index < -0.39 is 0 Å². The van der Waals surface area contributed by atoms with Gasteiger partial charge in [-0.1, -0.05) is 6.07 Å². The number of hydrogen-bond donors (Lipinski definition) is 0. The second-order valence-electron chi connectivity index (χ2n) is 2.06. The van der Waals surface area contributed by atoms with E-state index in [1.807, 2.05) is 18.2 Å². The van der Waals surface area contributed by atoms with Crippen molar-refractivity contribution in [2.75, 3.05) is 0 Å². The van der Waals surface area contributed by atoms with Crippen LogP contribution in [0, 0.1) is 6.57 Å². The maximum absolute atomic E-state index is 6.66. The van der Waals surface area contributed by atoms with Crippen molar-refractivity contribution in [1.29, 1.82) is 0 Å². The molecule has 0 aliphatic rings. The zero-order chi connectivity index (χ0) is 8.27. The van der Waals surface area contributed by atoms with Gasteiger partial charge < -0.3 is 4.85 Å². The molecule has 0 bridgehead atoms. The smallest absolute Gasteiger partial charge is 0.239 e. The van der Waals surface area contributed by atoms with E-state index in [0.29, 0.717) is 6.54 Å². The fraction of sp³-hybridized carbons (Fsp3) is 0.125. The number of halogens is 2. The molecule has 0 heterocycles. The molecule has 0 radical (unpaired) electrons. The quantitative estimate of drug-likeness (QED) is 0.689. The van der Waals surface area contributed by atoms with Crippen LogP contribution in [0.2, 0.25) is 0 Å². The first-order chi connectivity index (χ1) is 5.24. The second-order valence-corrected chi connectivity index (χ2v) is 3.77. The van der Waals surface area contributed by atoms with Gasteiger partial charge in [-0.25, -0.2) is 6.57 Å². The van der Waals surface area contributed by atoms with E-state index in [1.165, 1.54) is 0 Å². The summed E-state index contributed by atoms with van der Waals surface area (Å²) in [5.74, 6) is 0. The minimum Gasteiger partial charge on any atom is -0.312 e. The van der Waals surface area contributed by atoms with Crippen LogP contribution < -0.4 is 0 Å². The Kier molecular flexibility index (Phi) is 3.10. The summed E-state index contributed by atoms with van der Waals surface area (Å²) in [5.41, 5.74) is 1.04. The molecule has 0 aliphatic carbocycles. The van der Waals surface area contributed by atoms with Gasteiger partial charge in [-0.3, -0.25) is 0 Å². The number of nitrogens with zero attached hydrogens (tertiary/aromatic N) is 1. The molecular formula is C8H5Br2N. The van der Waals surface area contributed by atoms with Gasteiger partial charge >= 0.3 is 0 Å². The van der Waals surface area contributed by atoms with Crippen LogP contribution in [0.5, 0.6) is 0 Å². The van der Waals surface area contributed by atoms with E-state index in [1.54, 1.807) is 0 Å². The molecule has 0 saturated heterocycles. The van der Waals surface area contributed by atoms with Crippen molar-refractivity contribution in [2.24, 2.45) is 0 Å². The van der Waals surface area contributed by atoms with E-state index in [4.69, 9.17) is 6.57 Å². The van der Waals surface area contributed by atoms with Crippen LogP contribution >= 0.6 is 31.9 Å². The van der Waals surface area contributed by atoms with E-state index in [0.717, 1.165) is 14.5 Å². The predicted molar refractivity (Wildman–Crippen MR) is 52.1 cm³/mol. The summed E-state index contributed by atoms with van der Waals surface area (Å²) in [5, 5.41) is 0. The van der Waals surface area contributed by atoms with Crippen LogP contribution in [-0.4, -0.2) is 0 Å². The SMILES string of the molecule is [C-]#[N+]Cc1ccc(Br)c(Br)c1. The molecule has 3 heteroatoms. The van der Waals surface area contributed by atoms with Crippen LogP contribution in [0.15, 0.2) is 27.1 Å². The van der Waals surface area contributed by atoms with Gasteiger partial charge in [-0.2, -0.15) is 0 Å². The average molecular weight is 275 g/mol. The highest BCUT2D eigenvalue weighted by Crippen LogP contribution is 2.23. The Balaban J connectivity index is 2.98. The molecule has 1 aromatic carbocycles. The van der Waals surface area contributed by atoms with Gasteiger partial charge in [-0.15, -0.1) is 0 Å². The molecule has 0 aliphatic heterocycles. The number of benzene rings is 1. The molecule has 0 aromatic heterocycles. The summed E-state index contributed by atoms with van der Waals surface area (Å²) in [6.45, 7) is 7.11. The summed E-state index contributed by atoms with van der Waals surface area (Å²) in [4.78, 5) is 3.29. The predicted octanol–water partition coefficient (Wildman–Crippen LogP) is 3.63. The number of rotatable bonds is 1. The van der Waals surface area contributed by atoms with Crippen molar-refractivity contribution >= 4 is 31.9 Å². The highest BCUT2D eigenvalue weighted by molar-refractivity contribution is 9.13. The molecular weight excluding hydrogens is 270 g/mol. The van der Waals surface area contributed by atoms with Crippen LogP contribution in [0.3, 0.4) is 0 Å². The molecule has 0 atom stereocenters. The molecule has 0 amide bonds. The zero-order valence-corrected chi connectivity index (χ0v) is 8.81. The summed E-state index contributed by atoms with van der Waals surface area (Å²) in [6, 6.07) is 5.82. The molecule has 1 aromatic rings. The maximum atomic E-state index is 6.66. The van der Waals surface area contributed by atoms with Crippen molar-refractivity contribution in [3.8, 4) is 0 Å². The molecule has 0 fully saturated rings. The normalized spacial score (nSPS) is 9.18. The van der Waals surface area contributed by atoms with E-state index >= 15 is 0 Å². The Morgan fingerprint density at radius 2 is 2.00 bits per heavy atom. The lowest BCUT2D eigenvalue weighted by atomic mass is 10.2. The highest BCUT2D eigenvalue weighted by Gasteiger charge is 1.98. The van der Waals surface area contributed by atoms with Gasteiger partial charge in [-0.05, 0) is 44.0 Å². The van der Waals surface area contributed by atoms with Gasteiger partial charge in [0, 0.05) is 14.5 Å². The van der Waals surface area contributed by atoms with Crippen molar-refractivity contribution in [3.05, 3.63) is 44.1 Å². The van der Waals surface area contributed by atoms with Gasteiger partial charge in [0.1, 0.15) is 0 Å². The Bertz CT molecular complexity index is 301. The number of hydrogen-bond acceptors (Lipinski definition) is 0. The third kappa shape index (κ3) is 2.32. The van der Waals surface area contributed by atoms with Crippen molar-refractivity contribution < 1.29 is 0 Å². The first-order valence-corrected chi connectivity index (χ1v) is 4.60. The molecule has 1 nitrogen and oxygen atoms in total. The summed E-state index contributed by atoms with van der Waals surface area (Å²) in [6.07, 6.45) is 0. The molecule has 0 saturated carbocycles. The average Bonchev–Trinajstić information content (AvgIpc) is 1.98. The Morgan fingerprint density at radius 1 is 1.27 bits per heavy atom. The summed E-state index contributed by atoms with van der Waals surface area (Å²) in [7, 11) is 0. The van der Waals surface area contributed by atoms with Crippen LogP contribution in [0.4, 0.5) is 0 Å². The lowest BCUT2D eigenvalue weighted by Crippen LogP contribution is -1.78. The van der Waals surface area contributed by atoms with E-state index in [-0.39, 0.29) is 0 Å². The second kappa shape index (κ2) is 3.89. The fourth-order valence-electron chi connectivity index (χ4n) is 0.729. The van der Waals surface area contributed by atoms with Crippen molar-refractivity contribution in [2.45, 2.75) is 6.54 Å². The highest BCUT2D eigenvalue weighted by atomic mass is 79.9. The summed E-state index contributed by atoms with van der Waals surface area (Å²) < 4.78 is 2.02. The topological polar surface area (TPSA) is 4.36 Å². The lowest BCUT2D eigenvalue weighted by molar-refractivity contribution is 1.25. The van der Waals surface area contributed by atoms with Crippen molar-refractivity contribution in [1.82, 2.24) is 0 Å². The first kappa shape index (κ1) is 8.76. The minimum atomic E-state index is 0.450. The van der Waals surface area contributed by atoms with Gasteiger partial charge in [0.2, 0.25) is 6.54 Å². The van der Waals surface area contributed by atoms with Gasteiger partial charge in [0.25, 0.3) is 0 Å². The Labute approximate surface area is 82.5 Å². The zero-order valence-electron chi connectivity index (χ0n) is 5.64. The standard InChI is InChI=1S/C8H5Br2N/c1-11-5-6-2-3-7(9)8(10)4-6/h2-4H,5H2. The maximum Gasteiger partial charge on any atom is 0.239 e. The third-order valence-corrected chi connectivity index (χ3v) is 3.13. The van der Waals surface area contributed by atoms with Gasteiger partial charge in [0.15, 0.2) is 0 Å². The molecule has 0 unspecified atom stereocenters. The Hall–Kier alpha value is -0.330. The van der Waals surface area contributed by atoms with Crippen molar-refractivity contribution in [3.63, 3.8) is 0 Å². The van der Waals surface area contributed by atoms with E-state index in [2.05, 4.69) is 36.7 Å². The first-order valence-electron chi connectivity index (χ1n) is 3.01.